The molecule has 5 heteroatoms. The predicted molar refractivity (Wildman–Crippen MR) is 96.1 cm³/mol. The molecule has 2 amide bonds. The zero-order valence-electron chi connectivity index (χ0n) is 14.7. The molecule has 0 radical (unpaired) electrons. The monoisotopic (exact) mass is 329 g/mol. The van der Waals surface area contributed by atoms with E-state index in [2.05, 4.69) is 10.2 Å². The van der Waals surface area contributed by atoms with Crippen LogP contribution < -0.4 is 10.2 Å². The summed E-state index contributed by atoms with van der Waals surface area (Å²) in [6.45, 7) is 7.15. The number of benzene rings is 1. The third-order valence-corrected chi connectivity index (χ3v) is 5.09. The van der Waals surface area contributed by atoms with Crippen LogP contribution in [0.5, 0.6) is 0 Å². The van der Waals surface area contributed by atoms with Crippen LogP contribution in [0.1, 0.15) is 39.5 Å². The number of amides is 2. The van der Waals surface area contributed by atoms with Crippen molar-refractivity contribution in [2.45, 2.75) is 39.5 Å². The highest BCUT2D eigenvalue weighted by Gasteiger charge is 2.39. The Balaban J connectivity index is 1.63. The van der Waals surface area contributed by atoms with Gasteiger partial charge in [0.2, 0.25) is 11.8 Å². The maximum Gasteiger partial charge on any atom is 0.239 e. The first-order valence-corrected chi connectivity index (χ1v) is 8.94. The first-order chi connectivity index (χ1) is 11.5. The summed E-state index contributed by atoms with van der Waals surface area (Å²) < 4.78 is 0. The quantitative estimate of drug-likeness (QED) is 0.864. The van der Waals surface area contributed by atoms with Gasteiger partial charge in [-0.2, -0.15) is 0 Å². The normalized spacial score (nSPS) is 18.1. The average molecular weight is 329 g/mol. The molecule has 0 spiro atoms. The zero-order chi connectivity index (χ0) is 17.2. The number of nitrogens with one attached hydrogen (secondary N) is 1. The van der Waals surface area contributed by atoms with Gasteiger partial charge in [-0.1, -0.05) is 0 Å². The number of anilines is 2. The number of hydrogen-bond donors (Lipinski definition) is 1. The molecule has 0 atom stereocenters. The Hall–Kier alpha value is -2.04. The van der Waals surface area contributed by atoms with Gasteiger partial charge in [0.05, 0.1) is 0 Å². The van der Waals surface area contributed by atoms with Crippen LogP contribution >= 0.6 is 0 Å². The molecule has 5 nitrogen and oxygen atoms in total. The topological polar surface area (TPSA) is 52.7 Å². The summed E-state index contributed by atoms with van der Waals surface area (Å²) in [6, 6.07) is 7.91. The van der Waals surface area contributed by atoms with Crippen LogP contribution in [0.25, 0.3) is 0 Å². The van der Waals surface area contributed by atoms with E-state index >= 15 is 0 Å². The first-order valence-electron chi connectivity index (χ1n) is 8.94. The van der Waals surface area contributed by atoms with Gasteiger partial charge in [-0.15, -0.1) is 0 Å². The smallest absolute Gasteiger partial charge is 0.239 e. The third-order valence-electron chi connectivity index (χ3n) is 5.09. The first kappa shape index (κ1) is 16.8. The van der Waals surface area contributed by atoms with Gasteiger partial charge < -0.3 is 15.1 Å². The number of nitrogens with zero attached hydrogens (tertiary/aromatic N) is 2. The fourth-order valence-electron chi connectivity index (χ4n) is 3.43. The molecule has 2 heterocycles. The summed E-state index contributed by atoms with van der Waals surface area (Å²) in [5, 5.41) is 2.90. The molecule has 1 aromatic carbocycles. The van der Waals surface area contributed by atoms with Crippen LogP contribution in [0.3, 0.4) is 0 Å². The van der Waals surface area contributed by atoms with E-state index in [1.54, 1.807) is 18.7 Å². The Morgan fingerprint density at radius 1 is 0.917 bits per heavy atom. The molecular formula is C19H27N3O2. The van der Waals surface area contributed by atoms with Crippen molar-refractivity contribution in [2.24, 2.45) is 5.41 Å². The van der Waals surface area contributed by atoms with Gasteiger partial charge in [0, 0.05) is 37.6 Å². The lowest BCUT2D eigenvalue weighted by atomic mass is 9.90. The Morgan fingerprint density at radius 2 is 1.46 bits per heavy atom. The molecule has 0 unspecified atom stereocenters. The molecule has 0 saturated carbocycles. The molecule has 1 aromatic rings. The van der Waals surface area contributed by atoms with E-state index in [4.69, 9.17) is 0 Å². The maximum absolute atomic E-state index is 12.6. The summed E-state index contributed by atoms with van der Waals surface area (Å²) >= 11 is 0. The van der Waals surface area contributed by atoms with Gasteiger partial charge >= 0.3 is 0 Å². The lowest BCUT2D eigenvalue weighted by molar-refractivity contribution is -0.145. The highest BCUT2D eigenvalue weighted by atomic mass is 16.2. The molecule has 0 bridgehead atoms. The fraction of sp³-hybridized carbons (Fsp3) is 0.579. The summed E-state index contributed by atoms with van der Waals surface area (Å²) in [5.41, 5.74) is 0.890. The number of likely N-dealkylation sites (tertiary alicyclic amines) is 1. The van der Waals surface area contributed by atoms with E-state index in [-0.39, 0.29) is 11.8 Å². The van der Waals surface area contributed by atoms with E-state index in [9.17, 15) is 9.59 Å². The second kappa shape index (κ2) is 6.83. The Labute approximate surface area is 144 Å². The second-order valence-electron chi connectivity index (χ2n) is 7.32. The van der Waals surface area contributed by atoms with E-state index in [0.717, 1.165) is 44.7 Å². The van der Waals surface area contributed by atoms with Crippen molar-refractivity contribution in [3.63, 3.8) is 0 Å². The molecule has 0 aromatic heterocycles. The molecule has 2 saturated heterocycles. The van der Waals surface area contributed by atoms with Gasteiger partial charge in [0.25, 0.3) is 0 Å². The number of carbonyl (C=O) groups is 2. The van der Waals surface area contributed by atoms with Crippen molar-refractivity contribution in [3.8, 4) is 0 Å². The standard InChI is InChI=1S/C19H27N3O2/c1-19(2,18(24)22-13-5-6-14-22)17(23)20-15-7-9-16(10-8-15)21-11-3-4-12-21/h7-10H,3-6,11-14H2,1-2H3,(H,20,23). The summed E-state index contributed by atoms with van der Waals surface area (Å²) in [7, 11) is 0. The number of rotatable bonds is 4. The van der Waals surface area contributed by atoms with E-state index < -0.39 is 5.41 Å². The number of carbonyl (C=O) groups excluding carboxylic acids is 2. The zero-order valence-corrected chi connectivity index (χ0v) is 14.7. The molecule has 0 aliphatic carbocycles. The number of hydrogen-bond acceptors (Lipinski definition) is 3. The van der Waals surface area contributed by atoms with Gasteiger partial charge in [-0.25, -0.2) is 0 Å². The SMILES string of the molecule is CC(C)(C(=O)Nc1ccc(N2CCCC2)cc1)C(=O)N1CCCC1. The van der Waals surface area contributed by atoms with E-state index in [1.807, 2.05) is 24.3 Å². The molecule has 2 fully saturated rings. The average Bonchev–Trinajstić information content (AvgIpc) is 3.28. The van der Waals surface area contributed by atoms with Crippen molar-refractivity contribution < 1.29 is 9.59 Å². The minimum Gasteiger partial charge on any atom is -0.372 e. The molecule has 2 aliphatic rings. The molecular weight excluding hydrogens is 302 g/mol. The van der Waals surface area contributed by atoms with Crippen molar-refractivity contribution in [3.05, 3.63) is 24.3 Å². The Kier molecular flexibility index (Phi) is 4.78. The third kappa shape index (κ3) is 3.40. The van der Waals surface area contributed by atoms with Crippen molar-refractivity contribution >= 4 is 23.2 Å². The molecule has 3 rings (SSSR count). The fourth-order valence-corrected chi connectivity index (χ4v) is 3.43. The molecule has 2 aliphatic heterocycles. The Bertz CT molecular complexity index is 598. The van der Waals surface area contributed by atoms with Crippen LogP contribution in [0.15, 0.2) is 24.3 Å². The Morgan fingerprint density at radius 3 is 2.04 bits per heavy atom. The highest BCUT2D eigenvalue weighted by molar-refractivity contribution is 6.09. The highest BCUT2D eigenvalue weighted by Crippen LogP contribution is 2.26. The van der Waals surface area contributed by atoms with E-state index in [0.29, 0.717) is 0 Å². The van der Waals surface area contributed by atoms with Crippen LogP contribution in [-0.4, -0.2) is 42.9 Å². The largest absolute Gasteiger partial charge is 0.372 e. The van der Waals surface area contributed by atoms with Gasteiger partial charge in [0.1, 0.15) is 5.41 Å². The van der Waals surface area contributed by atoms with Crippen LogP contribution in [-0.2, 0) is 9.59 Å². The van der Waals surface area contributed by atoms with Gasteiger partial charge in [-0.05, 0) is 63.8 Å². The van der Waals surface area contributed by atoms with Crippen molar-refractivity contribution in [1.82, 2.24) is 4.90 Å². The lowest BCUT2D eigenvalue weighted by Crippen LogP contribution is -2.46. The van der Waals surface area contributed by atoms with Crippen molar-refractivity contribution in [2.75, 3.05) is 36.4 Å². The lowest BCUT2D eigenvalue weighted by Gasteiger charge is -2.28. The minimum absolute atomic E-state index is 0.0776. The van der Waals surface area contributed by atoms with Crippen molar-refractivity contribution in [1.29, 1.82) is 0 Å². The summed E-state index contributed by atoms with van der Waals surface area (Å²) in [5.74, 6) is -0.320. The summed E-state index contributed by atoms with van der Waals surface area (Å²) in [4.78, 5) is 29.3. The maximum atomic E-state index is 12.6. The van der Waals surface area contributed by atoms with Gasteiger partial charge in [0.15, 0.2) is 0 Å². The van der Waals surface area contributed by atoms with Crippen LogP contribution in [0.2, 0.25) is 0 Å². The van der Waals surface area contributed by atoms with Crippen LogP contribution in [0, 0.1) is 5.41 Å². The summed E-state index contributed by atoms with van der Waals surface area (Å²) in [6.07, 6.45) is 4.54. The van der Waals surface area contributed by atoms with E-state index in [1.165, 1.54) is 18.5 Å². The van der Waals surface area contributed by atoms with Crippen LogP contribution in [0.4, 0.5) is 11.4 Å². The molecule has 24 heavy (non-hydrogen) atoms. The molecule has 1 N–H and O–H groups in total. The minimum atomic E-state index is -1.04. The second-order valence-corrected chi connectivity index (χ2v) is 7.32. The van der Waals surface area contributed by atoms with Gasteiger partial charge in [-0.3, -0.25) is 9.59 Å². The molecule has 130 valence electrons. The predicted octanol–water partition coefficient (Wildman–Crippen LogP) is 2.87.